The minimum atomic E-state index is -0.939. The highest BCUT2D eigenvalue weighted by molar-refractivity contribution is 7.18. The van der Waals surface area contributed by atoms with Crippen molar-refractivity contribution in [1.29, 1.82) is 0 Å². The van der Waals surface area contributed by atoms with Crippen molar-refractivity contribution in [2.75, 3.05) is 0 Å². The lowest BCUT2D eigenvalue weighted by Gasteiger charge is -2.26. The molecule has 3 rings (SSSR count). The molecule has 1 heterocycles. The highest BCUT2D eigenvalue weighted by Crippen LogP contribution is 2.43. The monoisotopic (exact) mass is 303 g/mol. The molecule has 0 amide bonds. The fourth-order valence-corrected chi connectivity index (χ4v) is 3.46. The van der Waals surface area contributed by atoms with Crippen molar-refractivity contribution >= 4 is 33.2 Å². The molecule has 0 saturated carbocycles. The summed E-state index contributed by atoms with van der Waals surface area (Å²) in [5, 5.41) is 11.3. The number of aromatic nitrogens is 1. The molecule has 0 bridgehead atoms. The van der Waals surface area contributed by atoms with Gasteiger partial charge in [-0.05, 0) is 24.6 Å². The van der Waals surface area contributed by atoms with Crippen molar-refractivity contribution < 1.29 is 5.11 Å². The van der Waals surface area contributed by atoms with Gasteiger partial charge < -0.3 is 5.11 Å². The van der Waals surface area contributed by atoms with Crippen molar-refractivity contribution in [2.24, 2.45) is 0 Å². The fourth-order valence-electron chi connectivity index (χ4n) is 2.15. The number of rotatable bonds is 3. The van der Waals surface area contributed by atoms with Gasteiger partial charge in [0.25, 0.3) is 0 Å². The minimum absolute atomic E-state index is 0.733. The van der Waals surface area contributed by atoms with E-state index in [2.05, 4.69) is 4.98 Å². The molecule has 0 unspecified atom stereocenters. The Morgan fingerprint density at radius 1 is 1.10 bits per heavy atom. The Morgan fingerprint density at radius 2 is 1.75 bits per heavy atom. The van der Waals surface area contributed by atoms with E-state index in [1.54, 1.807) is 0 Å². The molecule has 2 aromatic carbocycles. The molecule has 1 aromatic heterocycles. The molecule has 0 aliphatic carbocycles. The summed E-state index contributed by atoms with van der Waals surface area (Å²) in [5.74, 6) is 0. The molecule has 102 valence electrons. The molecule has 0 aliphatic heterocycles. The summed E-state index contributed by atoms with van der Waals surface area (Å²) in [6, 6.07) is 17.3. The maximum Gasteiger partial charge on any atom is 0.123 e. The number of fused-ring (bicyclic) bond motifs is 1. The lowest BCUT2D eigenvalue weighted by molar-refractivity contribution is 0.132. The Kier molecular flexibility index (Phi) is 3.50. The normalized spacial score (nSPS) is 15.9. The van der Waals surface area contributed by atoms with Crippen LogP contribution in [-0.2, 0) is 4.87 Å². The van der Waals surface area contributed by atoms with Gasteiger partial charge in [0.15, 0.2) is 0 Å². The zero-order chi connectivity index (χ0) is 14.2. The summed E-state index contributed by atoms with van der Waals surface area (Å²) in [6.07, 6.45) is -0.800. The Bertz CT molecular complexity index is 690. The highest BCUT2D eigenvalue weighted by Gasteiger charge is 2.36. The summed E-state index contributed by atoms with van der Waals surface area (Å²) in [4.78, 5) is 3.62. The number of halogens is 1. The van der Waals surface area contributed by atoms with Crippen molar-refractivity contribution in [2.45, 2.75) is 17.9 Å². The third-order valence-electron chi connectivity index (χ3n) is 3.34. The number of benzene rings is 2. The lowest BCUT2D eigenvalue weighted by Crippen LogP contribution is -2.23. The zero-order valence-corrected chi connectivity index (χ0v) is 12.5. The summed E-state index contributed by atoms with van der Waals surface area (Å²) in [7, 11) is 0. The van der Waals surface area contributed by atoms with E-state index in [-0.39, 0.29) is 0 Å². The first-order valence-electron chi connectivity index (χ1n) is 6.37. The highest BCUT2D eigenvalue weighted by atomic mass is 35.5. The van der Waals surface area contributed by atoms with E-state index in [0.29, 0.717) is 0 Å². The van der Waals surface area contributed by atoms with Gasteiger partial charge in [0.2, 0.25) is 0 Å². The van der Waals surface area contributed by atoms with Crippen LogP contribution in [0.5, 0.6) is 0 Å². The van der Waals surface area contributed by atoms with Gasteiger partial charge in [0.05, 0.1) is 10.2 Å². The van der Waals surface area contributed by atoms with Crippen molar-refractivity contribution in [3.8, 4) is 0 Å². The van der Waals surface area contributed by atoms with E-state index in [1.165, 1.54) is 11.3 Å². The van der Waals surface area contributed by atoms with E-state index < -0.39 is 11.0 Å². The van der Waals surface area contributed by atoms with Crippen LogP contribution in [0, 0.1) is 0 Å². The van der Waals surface area contributed by atoms with Crippen LogP contribution in [0.1, 0.15) is 23.6 Å². The standard InChI is InChI=1S/C16H14ClNOS/c1-16(17,14(19)11-7-3-2-4-8-11)15-18-12-9-5-6-10-13(12)20-15/h2-10,14,19H,1H3/t14-,16-/m0/s1. The quantitative estimate of drug-likeness (QED) is 0.723. The first kappa shape index (κ1) is 13.6. The fraction of sp³-hybridized carbons (Fsp3) is 0.188. The average molecular weight is 304 g/mol. The summed E-state index contributed by atoms with van der Waals surface area (Å²) in [5.41, 5.74) is 1.71. The summed E-state index contributed by atoms with van der Waals surface area (Å²) in [6.45, 7) is 1.81. The number of aliphatic hydroxyl groups is 1. The minimum Gasteiger partial charge on any atom is -0.386 e. The van der Waals surface area contributed by atoms with E-state index >= 15 is 0 Å². The largest absolute Gasteiger partial charge is 0.386 e. The van der Waals surface area contributed by atoms with Crippen molar-refractivity contribution in [1.82, 2.24) is 4.98 Å². The molecule has 2 atom stereocenters. The number of aliphatic hydroxyl groups excluding tert-OH is 1. The van der Waals surface area contributed by atoms with Gasteiger partial charge in [-0.1, -0.05) is 42.5 Å². The van der Waals surface area contributed by atoms with Crippen molar-refractivity contribution in [3.05, 3.63) is 65.2 Å². The predicted octanol–water partition coefficient (Wildman–Crippen LogP) is 4.48. The van der Waals surface area contributed by atoms with Crippen LogP contribution in [0.2, 0.25) is 0 Å². The van der Waals surface area contributed by atoms with E-state index in [1.807, 2.05) is 61.5 Å². The number of para-hydroxylation sites is 1. The van der Waals surface area contributed by atoms with Gasteiger partial charge in [-0.2, -0.15) is 0 Å². The van der Waals surface area contributed by atoms with Crippen LogP contribution in [0.15, 0.2) is 54.6 Å². The smallest absolute Gasteiger partial charge is 0.123 e. The number of alkyl halides is 1. The summed E-state index contributed by atoms with van der Waals surface area (Å²) >= 11 is 8.14. The van der Waals surface area contributed by atoms with Crippen LogP contribution in [0.3, 0.4) is 0 Å². The van der Waals surface area contributed by atoms with Crippen LogP contribution in [0.4, 0.5) is 0 Å². The molecule has 0 spiro atoms. The number of hydrogen-bond acceptors (Lipinski definition) is 3. The Hall–Kier alpha value is -1.42. The third-order valence-corrected chi connectivity index (χ3v) is 5.11. The molecule has 0 radical (unpaired) electrons. The molecule has 1 N–H and O–H groups in total. The summed E-state index contributed by atoms with van der Waals surface area (Å²) < 4.78 is 1.08. The van der Waals surface area contributed by atoms with Crippen LogP contribution >= 0.6 is 22.9 Å². The molecule has 20 heavy (non-hydrogen) atoms. The molecule has 4 heteroatoms. The zero-order valence-electron chi connectivity index (χ0n) is 11.0. The molecule has 0 saturated heterocycles. The van der Waals surface area contributed by atoms with E-state index in [9.17, 15) is 5.11 Å². The molecular weight excluding hydrogens is 290 g/mol. The van der Waals surface area contributed by atoms with Gasteiger partial charge in [0, 0.05) is 0 Å². The molecular formula is C16H14ClNOS. The van der Waals surface area contributed by atoms with E-state index in [0.717, 1.165) is 20.8 Å². The predicted molar refractivity (Wildman–Crippen MR) is 84.2 cm³/mol. The Morgan fingerprint density at radius 3 is 2.45 bits per heavy atom. The van der Waals surface area contributed by atoms with Gasteiger partial charge in [0.1, 0.15) is 16.0 Å². The lowest BCUT2D eigenvalue weighted by atomic mass is 9.97. The van der Waals surface area contributed by atoms with Gasteiger partial charge in [-0.15, -0.1) is 22.9 Å². The van der Waals surface area contributed by atoms with Crippen LogP contribution < -0.4 is 0 Å². The number of nitrogens with zero attached hydrogens (tertiary/aromatic N) is 1. The van der Waals surface area contributed by atoms with E-state index in [4.69, 9.17) is 11.6 Å². The Balaban J connectivity index is 2.02. The average Bonchev–Trinajstić information content (AvgIpc) is 2.92. The first-order chi connectivity index (χ1) is 9.59. The second kappa shape index (κ2) is 5.17. The maximum absolute atomic E-state index is 10.6. The van der Waals surface area contributed by atoms with Crippen molar-refractivity contribution in [3.63, 3.8) is 0 Å². The molecule has 0 aliphatic rings. The SMILES string of the molecule is C[C@@](Cl)(c1nc2ccccc2s1)[C@@H](O)c1ccccc1. The molecule has 0 fully saturated rings. The number of hydrogen-bond donors (Lipinski definition) is 1. The van der Waals surface area contributed by atoms with Gasteiger partial charge in [-0.25, -0.2) is 4.98 Å². The maximum atomic E-state index is 10.6. The van der Waals surface area contributed by atoms with Crippen LogP contribution in [-0.4, -0.2) is 10.1 Å². The second-order valence-corrected chi connectivity index (χ2v) is 6.69. The van der Waals surface area contributed by atoms with Crippen LogP contribution in [0.25, 0.3) is 10.2 Å². The Labute approximate surface area is 126 Å². The number of thiazole rings is 1. The molecule has 2 nitrogen and oxygen atoms in total. The van der Waals surface area contributed by atoms with Gasteiger partial charge in [-0.3, -0.25) is 0 Å². The van der Waals surface area contributed by atoms with Gasteiger partial charge >= 0.3 is 0 Å². The third kappa shape index (κ3) is 2.33. The second-order valence-electron chi connectivity index (χ2n) is 4.88. The topological polar surface area (TPSA) is 33.1 Å². The molecule has 3 aromatic rings. The first-order valence-corrected chi connectivity index (χ1v) is 7.56.